The number of hydrogen-bond acceptors (Lipinski definition) is 4. The third-order valence-electron chi connectivity index (χ3n) is 4.02. The maximum Gasteiger partial charge on any atom is 0.420 e. The molecule has 1 amide bonds. The number of thiophene rings is 1. The molecule has 0 aliphatic heterocycles. The quantitative estimate of drug-likeness (QED) is 0.747. The third kappa shape index (κ3) is 3.59. The second-order valence-electron chi connectivity index (χ2n) is 6.12. The van der Waals surface area contributed by atoms with Gasteiger partial charge in [0.25, 0.3) is 0 Å². The molecule has 0 saturated heterocycles. The Bertz CT molecular complexity index is 877. The van der Waals surface area contributed by atoms with E-state index in [1.165, 1.54) is 0 Å². The minimum atomic E-state index is -0.394. The van der Waals surface area contributed by atoms with Crippen molar-refractivity contribution in [2.75, 3.05) is 0 Å². The number of oxazole rings is 1. The zero-order chi connectivity index (χ0) is 17.1. The number of rotatable bonds is 6. The lowest BCUT2D eigenvalue weighted by molar-refractivity contribution is -0.121. The summed E-state index contributed by atoms with van der Waals surface area (Å²) in [6, 6.07) is 11.1. The molecule has 2 aromatic heterocycles. The Morgan fingerprint density at radius 3 is 2.75 bits per heavy atom. The molecule has 6 heteroatoms. The zero-order valence-corrected chi connectivity index (χ0v) is 14.5. The molecule has 0 spiro atoms. The lowest BCUT2D eigenvalue weighted by atomic mass is 10.0. The molecule has 1 atom stereocenters. The summed E-state index contributed by atoms with van der Waals surface area (Å²) in [5, 5.41) is 5.01. The van der Waals surface area contributed by atoms with E-state index in [2.05, 4.69) is 5.32 Å². The Labute approximate surface area is 143 Å². The van der Waals surface area contributed by atoms with Crippen molar-refractivity contribution in [1.82, 2.24) is 9.88 Å². The summed E-state index contributed by atoms with van der Waals surface area (Å²) in [5.41, 5.74) is 1.32. The summed E-state index contributed by atoms with van der Waals surface area (Å²) in [5.74, 6) is -0.232. The zero-order valence-electron chi connectivity index (χ0n) is 13.7. The fraction of sp³-hybridized carbons (Fsp3) is 0.333. The van der Waals surface area contributed by atoms with Crippen molar-refractivity contribution < 1.29 is 9.21 Å². The molecule has 24 heavy (non-hydrogen) atoms. The third-order valence-corrected chi connectivity index (χ3v) is 4.90. The number of aromatic nitrogens is 1. The molecule has 2 heterocycles. The minimum absolute atomic E-state index is 0.0306. The van der Waals surface area contributed by atoms with Crippen molar-refractivity contribution in [3.05, 3.63) is 57.2 Å². The summed E-state index contributed by atoms with van der Waals surface area (Å²) in [6.45, 7) is 4.45. The molecular formula is C18H20N2O3S. The van der Waals surface area contributed by atoms with Crippen LogP contribution in [-0.4, -0.2) is 16.5 Å². The van der Waals surface area contributed by atoms with Crippen molar-refractivity contribution in [1.29, 1.82) is 0 Å². The van der Waals surface area contributed by atoms with Crippen molar-refractivity contribution in [2.45, 2.75) is 32.9 Å². The van der Waals surface area contributed by atoms with Crippen molar-refractivity contribution in [3.63, 3.8) is 0 Å². The van der Waals surface area contributed by atoms with Crippen LogP contribution in [0.1, 0.15) is 18.7 Å². The molecular weight excluding hydrogens is 324 g/mol. The van der Waals surface area contributed by atoms with Gasteiger partial charge in [0.1, 0.15) is 0 Å². The highest BCUT2D eigenvalue weighted by Crippen LogP contribution is 2.15. The number of benzene rings is 1. The largest absolute Gasteiger partial charge is 0.420 e. The SMILES string of the molecule is CC(C)[C@@H](Cn1c(=O)oc2ccccc21)NC(=O)Cc1cccs1. The van der Waals surface area contributed by atoms with E-state index in [1.54, 1.807) is 22.0 Å². The molecule has 0 unspecified atom stereocenters. The predicted octanol–water partition coefficient (Wildman–Crippen LogP) is 3.04. The first-order valence-electron chi connectivity index (χ1n) is 7.94. The first-order chi connectivity index (χ1) is 11.5. The van der Waals surface area contributed by atoms with Gasteiger partial charge in [0, 0.05) is 17.5 Å². The van der Waals surface area contributed by atoms with Crippen LogP contribution in [0.25, 0.3) is 11.1 Å². The first kappa shape index (κ1) is 16.5. The topological polar surface area (TPSA) is 64.2 Å². The Morgan fingerprint density at radius 2 is 2.04 bits per heavy atom. The Hall–Kier alpha value is -2.34. The van der Waals surface area contributed by atoms with Crippen LogP contribution in [0.15, 0.2) is 51.0 Å². The van der Waals surface area contributed by atoms with E-state index >= 15 is 0 Å². The lowest BCUT2D eigenvalue weighted by Crippen LogP contribution is -2.43. The molecule has 3 rings (SSSR count). The molecule has 1 aromatic carbocycles. The van der Waals surface area contributed by atoms with Gasteiger partial charge in [-0.15, -0.1) is 11.3 Å². The molecule has 5 nitrogen and oxygen atoms in total. The van der Waals surface area contributed by atoms with Gasteiger partial charge < -0.3 is 9.73 Å². The van der Waals surface area contributed by atoms with Crippen LogP contribution >= 0.6 is 11.3 Å². The highest BCUT2D eigenvalue weighted by atomic mass is 32.1. The van der Waals surface area contributed by atoms with Gasteiger partial charge in [0.05, 0.1) is 11.9 Å². The Kier molecular flexibility index (Phi) is 4.85. The minimum Gasteiger partial charge on any atom is -0.408 e. The Morgan fingerprint density at radius 1 is 1.25 bits per heavy atom. The van der Waals surface area contributed by atoms with Gasteiger partial charge >= 0.3 is 5.76 Å². The number of carbonyl (C=O) groups excluding carboxylic acids is 1. The number of fused-ring (bicyclic) bond motifs is 1. The van der Waals surface area contributed by atoms with Gasteiger partial charge in [-0.1, -0.05) is 32.0 Å². The van der Waals surface area contributed by atoms with Gasteiger partial charge in [0.15, 0.2) is 5.58 Å². The number of nitrogens with zero attached hydrogens (tertiary/aromatic N) is 1. The summed E-state index contributed by atoms with van der Waals surface area (Å²) in [4.78, 5) is 25.4. The number of amides is 1. The summed E-state index contributed by atoms with van der Waals surface area (Å²) >= 11 is 1.57. The fourth-order valence-corrected chi connectivity index (χ4v) is 3.34. The van der Waals surface area contributed by atoms with Crippen molar-refractivity contribution >= 4 is 28.3 Å². The number of nitrogens with one attached hydrogen (secondary N) is 1. The van der Waals surface area contributed by atoms with Gasteiger partial charge in [-0.2, -0.15) is 0 Å². The van der Waals surface area contributed by atoms with E-state index in [-0.39, 0.29) is 17.9 Å². The molecule has 0 fully saturated rings. The summed E-state index contributed by atoms with van der Waals surface area (Å²) < 4.78 is 6.85. The molecule has 0 aliphatic rings. The van der Waals surface area contributed by atoms with E-state index in [4.69, 9.17) is 4.42 Å². The molecule has 0 saturated carbocycles. The maximum atomic E-state index is 12.3. The standard InChI is InChI=1S/C18H20N2O3S/c1-12(2)14(19-17(21)10-13-6-5-9-24-13)11-20-15-7-3-4-8-16(15)23-18(20)22/h3-9,12,14H,10-11H2,1-2H3,(H,19,21)/t14-/m1/s1. The maximum absolute atomic E-state index is 12.3. The van der Waals surface area contributed by atoms with Gasteiger partial charge in [-0.25, -0.2) is 4.79 Å². The van der Waals surface area contributed by atoms with Gasteiger partial charge in [-0.3, -0.25) is 9.36 Å². The molecule has 0 radical (unpaired) electrons. The second-order valence-corrected chi connectivity index (χ2v) is 7.15. The van der Waals surface area contributed by atoms with Crippen LogP contribution < -0.4 is 11.1 Å². The first-order valence-corrected chi connectivity index (χ1v) is 8.82. The van der Waals surface area contributed by atoms with E-state index in [1.807, 2.05) is 49.6 Å². The van der Waals surface area contributed by atoms with Crippen LogP contribution in [0.4, 0.5) is 0 Å². The predicted molar refractivity (Wildman–Crippen MR) is 95.3 cm³/mol. The van der Waals surface area contributed by atoms with Crippen LogP contribution in [0.5, 0.6) is 0 Å². The molecule has 126 valence electrons. The van der Waals surface area contributed by atoms with Gasteiger partial charge in [0.2, 0.25) is 5.91 Å². The fourth-order valence-electron chi connectivity index (χ4n) is 2.64. The van der Waals surface area contributed by atoms with E-state index in [0.717, 1.165) is 10.4 Å². The number of para-hydroxylation sites is 2. The highest BCUT2D eigenvalue weighted by Gasteiger charge is 2.20. The van der Waals surface area contributed by atoms with Crippen molar-refractivity contribution in [3.8, 4) is 0 Å². The average molecular weight is 344 g/mol. The molecule has 3 aromatic rings. The highest BCUT2D eigenvalue weighted by molar-refractivity contribution is 7.10. The number of hydrogen-bond donors (Lipinski definition) is 1. The van der Waals surface area contributed by atoms with E-state index in [0.29, 0.717) is 18.5 Å². The summed E-state index contributed by atoms with van der Waals surface area (Å²) in [7, 11) is 0. The second kappa shape index (κ2) is 7.05. The van der Waals surface area contributed by atoms with Crippen LogP contribution in [0.2, 0.25) is 0 Å². The van der Waals surface area contributed by atoms with E-state index < -0.39 is 5.76 Å². The lowest BCUT2D eigenvalue weighted by Gasteiger charge is -2.22. The molecule has 1 N–H and O–H groups in total. The molecule has 0 bridgehead atoms. The normalized spacial score (nSPS) is 12.6. The summed E-state index contributed by atoms with van der Waals surface area (Å²) in [6.07, 6.45) is 0.363. The number of carbonyl (C=O) groups is 1. The molecule has 0 aliphatic carbocycles. The monoisotopic (exact) mass is 344 g/mol. The van der Waals surface area contributed by atoms with Crippen LogP contribution in [0.3, 0.4) is 0 Å². The smallest absolute Gasteiger partial charge is 0.408 e. The average Bonchev–Trinajstić information content (AvgIpc) is 3.14. The van der Waals surface area contributed by atoms with Gasteiger partial charge in [-0.05, 0) is 29.5 Å². The van der Waals surface area contributed by atoms with Crippen LogP contribution in [0, 0.1) is 5.92 Å². The van der Waals surface area contributed by atoms with E-state index in [9.17, 15) is 9.59 Å². The Balaban J connectivity index is 1.77. The van der Waals surface area contributed by atoms with Crippen molar-refractivity contribution in [2.24, 2.45) is 5.92 Å². The van der Waals surface area contributed by atoms with Crippen LogP contribution in [-0.2, 0) is 17.8 Å².